The first-order chi connectivity index (χ1) is 6.95. The summed E-state index contributed by atoms with van der Waals surface area (Å²) in [5.41, 5.74) is -0.583. The number of hydrogen-bond acceptors (Lipinski definition) is 3. The van der Waals surface area contributed by atoms with E-state index in [-0.39, 0.29) is 17.9 Å². The van der Waals surface area contributed by atoms with Gasteiger partial charge >= 0.3 is 0 Å². The van der Waals surface area contributed by atoms with Gasteiger partial charge in [-0.2, -0.15) is 0 Å². The average Bonchev–Trinajstić information content (AvgIpc) is 2.51. The molecule has 1 atom stereocenters. The highest BCUT2D eigenvalue weighted by Gasteiger charge is 2.30. The lowest BCUT2D eigenvalue weighted by atomic mass is 10.0. The Morgan fingerprint density at radius 2 is 2.27 bits per heavy atom. The maximum atomic E-state index is 11.8. The van der Waals surface area contributed by atoms with Crippen LogP contribution >= 0.6 is 0 Å². The normalized spacial score (nSPS) is 21.3. The summed E-state index contributed by atoms with van der Waals surface area (Å²) in [5, 5.41) is 8.62. The van der Waals surface area contributed by atoms with Gasteiger partial charge in [0.2, 0.25) is 11.8 Å². The van der Waals surface area contributed by atoms with Gasteiger partial charge in [0.05, 0.1) is 11.6 Å². The Hall–Kier alpha value is -1.10. The molecule has 5 nitrogen and oxygen atoms in total. The van der Waals surface area contributed by atoms with Crippen LogP contribution in [0.4, 0.5) is 0 Å². The highest BCUT2D eigenvalue weighted by Crippen LogP contribution is 2.05. The van der Waals surface area contributed by atoms with Crippen LogP contribution in [-0.2, 0) is 9.59 Å². The molecule has 0 aromatic heterocycles. The zero-order chi connectivity index (χ0) is 11.5. The number of likely N-dealkylation sites (N-methyl/N-ethyl adjacent to an activating group) is 1. The van der Waals surface area contributed by atoms with Gasteiger partial charge in [-0.15, -0.1) is 0 Å². The molecular weight excluding hydrogens is 194 g/mol. The fourth-order valence-electron chi connectivity index (χ4n) is 1.60. The van der Waals surface area contributed by atoms with E-state index in [1.54, 1.807) is 0 Å². The lowest BCUT2D eigenvalue weighted by Gasteiger charge is -2.26. The summed E-state index contributed by atoms with van der Waals surface area (Å²) in [6, 6.07) is -0.0667. The molecule has 0 aromatic carbocycles. The third kappa shape index (κ3) is 3.20. The van der Waals surface area contributed by atoms with Crippen LogP contribution in [0.1, 0.15) is 27.2 Å². The van der Waals surface area contributed by atoms with E-state index >= 15 is 0 Å². The molecule has 0 saturated carbocycles. The monoisotopic (exact) mass is 213 g/mol. The topological polar surface area (TPSA) is 70.2 Å². The Labute approximate surface area is 90.0 Å². The van der Waals surface area contributed by atoms with Gasteiger partial charge in [-0.1, -0.05) is 6.92 Å². The smallest absolute Gasteiger partial charge is 0.240 e. The van der Waals surface area contributed by atoms with Crippen LogP contribution in [-0.4, -0.2) is 36.5 Å². The molecule has 2 amide bonds. The van der Waals surface area contributed by atoms with E-state index in [9.17, 15) is 9.59 Å². The molecule has 1 saturated heterocycles. The van der Waals surface area contributed by atoms with E-state index < -0.39 is 5.54 Å². The largest absolute Gasteiger partial charge is 0.354 e. The molecule has 0 radical (unpaired) electrons. The van der Waals surface area contributed by atoms with Crippen molar-refractivity contribution in [3.8, 4) is 0 Å². The summed E-state index contributed by atoms with van der Waals surface area (Å²) in [7, 11) is 0. The predicted octanol–water partition coefficient (Wildman–Crippen LogP) is -0.621. The first kappa shape index (κ1) is 12.0. The van der Waals surface area contributed by atoms with E-state index in [2.05, 4.69) is 16.0 Å². The molecular formula is C10H19N3O2. The highest BCUT2D eigenvalue weighted by molar-refractivity contribution is 5.87. The second-order valence-electron chi connectivity index (χ2n) is 4.33. The molecule has 5 heteroatoms. The first-order valence-corrected chi connectivity index (χ1v) is 5.28. The standard InChI is InChI=1S/C10H19N3O2/c1-4-12-10(2,3)9(15)13-7-5-8(14)11-6-7/h7,12H,4-6H2,1-3H3,(H,11,14)(H,13,15). The van der Waals surface area contributed by atoms with Crippen LogP contribution in [0.15, 0.2) is 0 Å². The van der Waals surface area contributed by atoms with E-state index in [0.717, 1.165) is 6.54 Å². The van der Waals surface area contributed by atoms with Gasteiger partial charge in [-0.25, -0.2) is 0 Å². The van der Waals surface area contributed by atoms with Gasteiger partial charge in [0.15, 0.2) is 0 Å². The minimum atomic E-state index is -0.583. The van der Waals surface area contributed by atoms with Crippen LogP contribution in [0.2, 0.25) is 0 Å². The molecule has 1 unspecified atom stereocenters. The zero-order valence-electron chi connectivity index (χ0n) is 9.52. The Balaban J connectivity index is 2.44. The lowest BCUT2D eigenvalue weighted by Crippen LogP contribution is -2.55. The molecule has 1 rings (SSSR count). The number of amides is 2. The second kappa shape index (κ2) is 4.61. The fourth-order valence-corrected chi connectivity index (χ4v) is 1.60. The number of carbonyl (C=O) groups excluding carboxylic acids is 2. The summed E-state index contributed by atoms with van der Waals surface area (Å²) in [4.78, 5) is 22.7. The molecule has 1 heterocycles. The van der Waals surface area contributed by atoms with Crippen molar-refractivity contribution in [2.45, 2.75) is 38.8 Å². The summed E-state index contributed by atoms with van der Waals surface area (Å²) in [6.45, 7) is 6.89. The Kier molecular flexibility index (Phi) is 3.68. The van der Waals surface area contributed by atoms with Crippen molar-refractivity contribution < 1.29 is 9.59 Å². The van der Waals surface area contributed by atoms with Gasteiger partial charge in [0.25, 0.3) is 0 Å². The zero-order valence-corrected chi connectivity index (χ0v) is 9.52. The van der Waals surface area contributed by atoms with Crippen LogP contribution < -0.4 is 16.0 Å². The van der Waals surface area contributed by atoms with Crippen LogP contribution in [0.3, 0.4) is 0 Å². The minimum absolute atomic E-state index is 0.00144. The number of nitrogens with one attached hydrogen (secondary N) is 3. The summed E-state index contributed by atoms with van der Waals surface area (Å²) in [6.07, 6.45) is 0.383. The third-order valence-corrected chi connectivity index (χ3v) is 2.50. The van der Waals surface area contributed by atoms with Crippen LogP contribution in [0.25, 0.3) is 0 Å². The molecule has 0 aromatic rings. The molecule has 0 bridgehead atoms. The Morgan fingerprint density at radius 1 is 1.60 bits per heavy atom. The van der Waals surface area contributed by atoms with Crippen molar-refractivity contribution in [2.75, 3.05) is 13.1 Å². The molecule has 15 heavy (non-hydrogen) atoms. The van der Waals surface area contributed by atoms with Gasteiger partial charge in [-0.05, 0) is 20.4 Å². The van der Waals surface area contributed by atoms with Crippen molar-refractivity contribution in [2.24, 2.45) is 0 Å². The van der Waals surface area contributed by atoms with E-state index in [0.29, 0.717) is 13.0 Å². The molecule has 86 valence electrons. The number of hydrogen-bond donors (Lipinski definition) is 3. The van der Waals surface area contributed by atoms with Crippen molar-refractivity contribution >= 4 is 11.8 Å². The van der Waals surface area contributed by atoms with Gasteiger partial charge in [0.1, 0.15) is 0 Å². The van der Waals surface area contributed by atoms with Gasteiger partial charge in [-0.3, -0.25) is 9.59 Å². The van der Waals surface area contributed by atoms with Gasteiger partial charge in [0, 0.05) is 13.0 Å². The quantitative estimate of drug-likeness (QED) is 0.583. The van der Waals surface area contributed by atoms with Gasteiger partial charge < -0.3 is 16.0 Å². The number of rotatable bonds is 4. The molecule has 3 N–H and O–H groups in total. The van der Waals surface area contributed by atoms with Crippen molar-refractivity contribution in [3.05, 3.63) is 0 Å². The average molecular weight is 213 g/mol. The highest BCUT2D eigenvalue weighted by atomic mass is 16.2. The SMILES string of the molecule is CCNC(C)(C)C(=O)NC1CNC(=O)C1. The van der Waals surface area contributed by atoms with E-state index in [1.807, 2.05) is 20.8 Å². The third-order valence-electron chi connectivity index (χ3n) is 2.50. The van der Waals surface area contributed by atoms with E-state index in [4.69, 9.17) is 0 Å². The van der Waals surface area contributed by atoms with Crippen LogP contribution in [0.5, 0.6) is 0 Å². The predicted molar refractivity (Wildman–Crippen MR) is 57.3 cm³/mol. The molecule has 1 aliphatic rings. The van der Waals surface area contributed by atoms with Crippen molar-refractivity contribution in [1.82, 2.24) is 16.0 Å². The molecule has 1 fully saturated rings. The molecule has 0 aliphatic carbocycles. The maximum Gasteiger partial charge on any atom is 0.240 e. The van der Waals surface area contributed by atoms with Crippen molar-refractivity contribution in [1.29, 1.82) is 0 Å². The molecule has 1 aliphatic heterocycles. The van der Waals surface area contributed by atoms with Crippen molar-refractivity contribution in [3.63, 3.8) is 0 Å². The summed E-state index contributed by atoms with van der Waals surface area (Å²) in [5.74, 6) is -0.0626. The van der Waals surface area contributed by atoms with E-state index in [1.165, 1.54) is 0 Å². The maximum absolute atomic E-state index is 11.8. The fraction of sp³-hybridized carbons (Fsp3) is 0.800. The van der Waals surface area contributed by atoms with Crippen LogP contribution in [0, 0.1) is 0 Å². The second-order valence-corrected chi connectivity index (χ2v) is 4.33. The molecule has 0 spiro atoms. The Bertz CT molecular complexity index is 263. The summed E-state index contributed by atoms with van der Waals surface area (Å²) >= 11 is 0. The minimum Gasteiger partial charge on any atom is -0.354 e. The lowest BCUT2D eigenvalue weighted by molar-refractivity contribution is -0.127. The summed E-state index contributed by atoms with van der Waals surface area (Å²) < 4.78 is 0. The Morgan fingerprint density at radius 3 is 2.73 bits per heavy atom. The number of carbonyl (C=O) groups is 2. The first-order valence-electron chi connectivity index (χ1n) is 5.28.